The Balaban J connectivity index is 0.00000480. The molecule has 0 aliphatic rings. The predicted octanol–water partition coefficient (Wildman–Crippen LogP) is 4.24. The van der Waals surface area contributed by atoms with Gasteiger partial charge in [0.1, 0.15) is 5.75 Å². The molecule has 0 unspecified atom stereocenters. The number of aromatic nitrogens is 1. The van der Waals surface area contributed by atoms with E-state index in [2.05, 4.69) is 25.3 Å². The predicted molar refractivity (Wildman–Crippen MR) is 123 cm³/mol. The highest BCUT2D eigenvalue weighted by Gasteiger charge is 2.28. The number of hydrogen-bond donors (Lipinski definition) is 2. The summed E-state index contributed by atoms with van der Waals surface area (Å²) in [5, 5.41) is 6.23. The van der Waals surface area contributed by atoms with Gasteiger partial charge in [0.15, 0.2) is 12.6 Å². The van der Waals surface area contributed by atoms with Crippen LogP contribution in [0.15, 0.2) is 47.6 Å². The first-order valence-electron chi connectivity index (χ1n) is 9.23. The number of halogens is 4. The van der Waals surface area contributed by atoms with Crippen molar-refractivity contribution in [3.63, 3.8) is 0 Å². The molecule has 0 saturated heterocycles. The van der Waals surface area contributed by atoms with Gasteiger partial charge in [0.2, 0.25) is 5.88 Å². The Morgan fingerprint density at radius 1 is 1.13 bits per heavy atom. The number of pyridine rings is 1. The highest BCUT2D eigenvalue weighted by Crippen LogP contribution is 2.19. The van der Waals surface area contributed by atoms with Gasteiger partial charge in [-0.3, -0.25) is 4.99 Å². The van der Waals surface area contributed by atoms with Crippen LogP contribution in [0.2, 0.25) is 0 Å². The standard InChI is InChI=1S/C20H25F3N4O3.HI/c1-24-19(27-16-5-3-6-17(12-16)29-10-4-9-28-2)26-13-15-7-8-25-18(11-15)30-14-20(21,22)23;/h3,5-8,11-12H,4,9-10,13-14H2,1-2H3,(H2,24,26,27);1H. The van der Waals surface area contributed by atoms with Gasteiger partial charge in [0.05, 0.1) is 6.61 Å². The summed E-state index contributed by atoms with van der Waals surface area (Å²) >= 11 is 0. The molecule has 2 aromatic rings. The maximum atomic E-state index is 12.3. The lowest BCUT2D eigenvalue weighted by molar-refractivity contribution is -0.154. The maximum absolute atomic E-state index is 12.3. The Hall–Kier alpha value is -2.28. The highest BCUT2D eigenvalue weighted by molar-refractivity contribution is 14.0. The number of alkyl halides is 3. The van der Waals surface area contributed by atoms with E-state index in [1.165, 1.54) is 12.3 Å². The van der Waals surface area contributed by atoms with E-state index < -0.39 is 12.8 Å². The zero-order chi connectivity index (χ0) is 21.8. The van der Waals surface area contributed by atoms with E-state index in [9.17, 15) is 13.2 Å². The fraction of sp³-hybridized carbons (Fsp3) is 0.400. The summed E-state index contributed by atoms with van der Waals surface area (Å²) in [5.41, 5.74) is 1.47. The number of anilines is 1. The summed E-state index contributed by atoms with van der Waals surface area (Å²) in [6, 6.07) is 10.5. The van der Waals surface area contributed by atoms with Crippen LogP contribution in [-0.2, 0) is 11.3 Å². The summed E-state index contributed by atoms with van der Waals surface area (Å²) in [6.07, 6.45) is -2.23. The van der Waals surface area contributed by atoms with Crippen molar-refractivity contribution in [1.82, 2.24) is 10.3 Å². The van der Waals surface area contributed by atoms with Crippen molar-refractivity contribution in [2.75, 3.05) is 39.3 Å². The van der Waals surface area contributed by atoms with Crippen LogP contribution in [0.3, 0.4) is 0 Å². The minimum atomic E-state index is -4.41. The average Bonchev–Trinajstić information content (AvgIpc) is 2.73. The monoisotopic (exact) mass is 554 g/mol. The van der Waals surface area contributed by atoms with E-state index in [0.29, 0.717) is 37.0 Å². The minimum Gasteiger partial charge on any atom is -0.493 e. The van der Waals surface area contributed by atoms with Crippen molar-refractivity contribution in [2.24, 2.45) is 4.99 Å². The summed E-state index contributed by atoms with van der Waals surface area (Å²) in [4.78, 5) is 7.93. The first kappa shape index (κ1) is 26.8. The molecule has 0 spiro atoms. The third-order valence-electron chi connectivity index (χ3n) is 3.72. The van der Waals surface area contributed by atoms with Gasteiger partial charge in [-0.2, -0.15) is 13.2 Å². The Morgan fingerprint density at radius 2 is 1.94 bits per heavy atom. The smallest absolute Gasteiger partial charge is 0.422 e. The summed E-state index contributed by atoms with van der Waals surface area (Å²) in [6.45, 7) is 0.110. The molecule has 0 aliphatic heterocycles. The number of rotatable bonds is 10. The normalized spacial score (nSPS) is 11.5. The van der Waals surface area contributed by atoms with Crippen molar-refractivity contribution in [3.8, 4) is 11.6 Å². The van der Waals surface area contributed by atoms with Crippen LogP contribution in [0.1, 0.15) is 12.0 Å². The van der Waals surface area contributed by atoms with E-state index in [1.807, 2.05) is 24.3 Å². The number of hydrogen-bond acceptors (Lipinski definition) is 5. The van der Waals surface area contributed by atoms with Crippen molar-refractivity contribution in [3.05, 3.63) is 48.2 Å². The number of benzene rings is 1. The van der Waals surface area contributed by atoms with Gasteiger partial charge in [-0.25, -0.2) is 4.98 Å². The summed E-state index contributed by atoms with van der Waals surface area (Å²) in [5.74, 6) is 1.11. The van der Waals surface area contributed by atoms with Crippen LogP contribution >= 0.6 is 24.0 Å². The number of guanidine groups is 1. The van der Waals surface area contributed by atoms with Gasteiger partial charge in [0.25, 0.3) is 0 Å². The van der Waals surface area contributed by atoms with Gasteiger partial charge in [0, 0.05) is 57.7 Å². The van der Waals surface area contributed by atoms with Crippen molar-refractivity contribution < 1.29 is 27.4 Å². The largest absolute Gasteiger partial charge is 0.493 e. The van der Waals surface area contributed by atoms with Gasteiger partial charge in [-0.15, -0.1) is 24.0 Å². The number of methoxy groups -OCH3 is 1. The lowest BCUT2D eigenvalue weighted by Crippen LogP contribution is -2.30. The van der Waals surface area contributed by atoms with E-state index in [-0.39, 0.29) is 29.9 Å². The first-order chi connectivity index (χ1) is 14.4. The fourth-order valence-electron chi connectivity index (χ4n) is 2.35. The Kier molecular flexibility index (Phi) is 12.0. The van der Waals surface area contributed by atoms with E-state index >= 15 is 0 Å². The SMILES string of the molecule is CN=C(NCc1ccnc(OCC(F)(F)F)c1)Nc1cccc(OCCCOC)c1.I. The molecular weight excluding hydrogens is 528 g/mol. The second kappa shape index (κ2) is 13.9. The van der Waals surface area contributed by atoms with E-state index in [0.717, 1.165) is 12.1 Å². The topological polar surface area (TPSA) is 77.0 Å². The molecule has 2 rings (SSSR count). The Morgan fingerprint density at radius 3 is 2.65 bits per heavy atom. The summed E-state index contributed by atoms with van der Waals surface area (Å²) < 4.78 is 52.2. The molecule has 0 atom stereocenters. The fourth-order valence-corrected chi connectivity index (χ4v) is 2.35. The molecule has 1 aromatic heterocycles. The molecule has 0 aliphatic carbocycles. The van der Waals surface area contributed by atoms with Crippen LogP contribution in [0.25, 0.3) is 0 Å². The van der Waals surface area contributed by atoms with E-state index in [4.69, 9.17) is 9.47 Å². The number of ether oxygens (including phenoxy) is 3. The second-order valence-electron chi connectivity index (χ2n) is 6.18. The van der Waals surface area contributed by atoms with Gasteiger partial charge in [-0.05, 0) is 23.8 Å². The van der Waals surface area contributed by atoms with Gasteiger partial charge < -0.3 is 24.8 Å². The number of nitrogens with one attached hydrogen (secondary N) is 2. The molecule has 2 N–H and O–H groups in total. The molecule has 0 fully saturated rings. The van der Waals surface area contributed by atoms with Crippen LogP contribution in [0.5, 0.6) is 11.6 Å². The quantitative estimate of drug-likeness (QED) is 0.198. The van der Waals surface area contributed by atoms with E-state index in [1.54, 1.807) is 20.2 Å². The molecule has 0 amide bonds. The Bertz CT molecular complexity index is 822. The molecule has 0 radical (unpaired) electrons. The molecule has 0 saturated carbocycles. The zero-order valence-electron chi connectivity index (χ0n) is 17.2. The van der Waals surface area contributed by atoms with Gasteiger partial charge in [-0.1, -0.05) is 6.07 Å². The van der Waals surface area contributed by atoms with Crippen LogP contribution in [0.4, 0.5) is 18.9 Å². The van der Waals surface area contributed by atoms with Crippen molar-refractivity contribution in [2.45, 2.75) is 19.1 Å². The van der Waals surface area contributed by atoms with Crippen LogP contribution in [-0.4, -0.2) is 51.1 Å². The molecule has 7 nitrogen and oxygen atoms in total. The lowest BCUT2D eigenvalue weighted by Gasteiger charge is -2.14. The molecular formula is C20H26F3IN4O3. The third-order valence-corrected chi connectivity index (χ3v) is 3.72. The molecule has 1 heterocycles. The maximum Gasteiger partial charge on any atom is 0.422 e. The zero-order valence-corrected chi connectivity index (χ0v) is 19.6. The molecule has 11 heteroatoms. The minimum absolute atomic E-state index is 0. The van der Waals surface area contributed by atoms with Crippen molar-refractivity contribution in [1.29, 1.82) is 0 Å². The second-order valence-corrected chi connectivity index (χ2v) is 6.18. The number of aliphatic imine (C=N–C) groups is 1. The van der Waals surface area contributed by atoms with Crippen molar-refractivity contribution >= 4 is 35.6 Å². The molecule has 1 aromatic carbocycles. The highest BCUT2D eigenvalue weighted by atomic mass is 127. The third kappa shape index (κ3) is 11.1. The van der Waals surface area contributed by atoms with Crippen LogP contribution in [0, 0.1) is 0 Å². The van der Waals surface area contributed by atoms with Gasteiger partial charge >= 0.3 is 6.18 Å². The Labute approximate surface area is 196 Å². The average molecular weight is 554 g/mol. The first-order valence-corrected chi connectivity index (χ1v) is 9.23. The molecule has 172 valence electrons. The number of nitrogens with zero attached hydrogens (tertiary/aromatic N) is 2. The molecule has 31 heavy (non-hydrogen) atoms. The summed E-state index contributed by atoms with van der Waals surface area (Å²) in [7, 11) is 3.26. The molecule has 0 bridgehead atoms. The lowest BCUT2D eigenvalue weighted by atomic mass is 10.2. The van der Waals surface area contributed by atoms with Crippen LogP contribution < -0.4 is 20.1 Å².